The highest BCUT2D eigenvalue weighted by Crippen LogP contribution is 2.33. The van der Waals surface area contributed by atoms with E-state index < -0.39 is 24.4 Å². The molecular weight excluding hydrogens is 250 g/mol. The second kappa shape index (κ2) is 3.98. The molecule has 5 N–H and O–H groups in total. The summed E-state index contributed by atoms with van der Waals surface area (Å²) in [5.41, 5.74) is 4.93. The molecule has 2 heterocycles. The summed E-state index contributed by atoms with van der Waals surface area (Å²) < 4.78 is 1.59. The molecule has 8 nitrogen and oxygen atoms in total. The molecule has 2 aromatic heterocycles. The predicted molar refractivity (Wildman–Crippen MR) is 66.0 cm³/mol. The number of nitrogen functional groups attached to an aromatic ring is 1. The third-order valence-corrected chi connectivity index (χ3v) is 3.38. The first-order chi connectivity index (χ1) is 9.07. The van der Waals surface area contributed by atoms with Crippen molar-refractivity contribution in [1.82, 2.24) is 19.5 Å². The van der Waals surface area contributed by atoms with Gasteiger partial charge in [0.2, 0.25) is 0 Å². The topological polar surface area (TPSA) is 130 Å². The Labute approximate surface area is 107 Å². The lowest BCUT2D eigenvalue weighted by Crippen LogP contribution is -2.44. The SMILES string of the molecule is Nc1ncnc2c1ncn2[C@@H]1C=C[C@](O)(CO)[C@H]1O. The van der Waals surface area contributed by atoms with Crippen LogP contribution in [-0.4, -0.2) is 53.2 Å². The maximum absolute atomic E-state index is 10.1. The second-order valence-corrected chi connectivity index (χ2v) is 4.53. The predicted octanol–water partition coefficient (Wildman–Crippen LogP) is -1.40. The number of aromatic nitrogens is 4. The van der Waals surface area contributed by atoms with Gasteiger partial charge in [-0.1, -0.05) is 6.08 Å². The summed E-state index contributed by atoms with van der Waals surface area (Å²) in [5, 5.41) is 29.2. The average Bonchev–Trinajstić information content (AvgIpc) is 2.95. The molecule has 1 aliphatic rings. The van der Waals surface area contributed by atoms with Crippen LogP contribution in [0.25, 0.3) is 11.2 Å². The van der Waals surface area contributed by atoms with Gasteiger partial charge in [-0.05, 0) is 6.08 Å². The fourth-order valence-electron chi connectivity index (χ4n) is 2.24. The van der Waals surface area contributed by atoms with E-state index in [0.717, 1.165) is 0 Å². The summed E-state index contributed by atoms with van der Waals surface area (Å²) in [6, 6.07) is -0.573. The Morgan fingerprint density at radius 3 is 2.84 bits per heavy atom. The van der Waals surface area contributed by atoms with Gasteiger partial charge in [0.1, 0.15) is 23.5 Å². The lowest BCUT2D eigenvalue weighted by Gasteiger charge is -2.27. The zero-order valence-electron chi connectivity index (χ0n) is 9.88. The highest BCUT2D eigenvalue weighted by Gasteiger charge is 2.43. The minimum Gasteiger partial charge on any atom is -0.393 e. The van der Waals surface area contributed by atoms with Crippen LogP contribution >= 0.6 is 0 Å². The van der Waals surface area contributed by atoms with Crippen molar-refractivity contribution in [3.05, 3.63) is 24.8 Å². The molecule has 19 heavy (non-hydrogen) atoms. The minimum atomic E-state index is -1.65. The Kier molecular flexibility index (Phi) is 2.52. The molecule has 100 valence electrons. The van der Waals surface area contributed by atoms with E-state index in [9.17, 15) is 10.2 Å². The Balaban J connectivity index is 2.08. The Morgan fingerprint density at radius 1 is 1.37 bits per heavy atom. The average molecular weight is 263 g/mol. The van der Waals surface area contributed by atoms with Crippen molar-refractivity contribution in [1.29, 1.82) is 0 Å². The lowest BCUT2D eigenvalue weighted by atomic mass is 10.00. The van der Waals surface area contributed by atoms with E-state index in [0.29, 0.717) is 11.2 Å². The molecule has 0 fully saturated rings. The fourth-order valence-corrected chi connectivity index (χ4v) is 2.24. The van der Waals surface area contributed by atoms with Crippen LogP contribution in [0, 0.1) is 0 Å². The molecule has 1 aliphatic carbocycles. The molecule has 8 heteroatoms. The summed E-state index contributed by atoms with van der Waals surface area (Å²) in [6.45, 7) is -0.565. The number of aliphatic hydroxyl groups excluding tert-OH is 2. The first kappa shape index (κ1) is 12.0. The monoisotopic (exact) mass is 263 g/mol. The lowest BCUT2D eigenvalue weighted by molar-refractivity contribution is -0.0737. The standard InChI is InChI=1S/C11H13N5O3/c12-9-7-10(14-4-13-9)16(5-15-7)6-1-2-11(19,3-17)8(6)18/h1-2,4-6,8,17-19H,3H2,(H2,12,13,14)/t6-,8+,11+/m1/s1. The maximum Gasteiger partial charge on any atom is 0.166 e. The van der Waals surface area contributed by atoms with Gasteiger partial charge in [-0.15, -0.1) is 0 Å². The third kappa shape index (κ3) is 1.61. The quantitative estimate of drug-likeness (QED) is 0.490. The van der Waals surface area contributed by atoms with Crippen LogP contribution in [-0.2, 0) is 0 Å². The van der Waals surface area contributed by atoms with Gasteiger partial charge in [-0.2, -0.15) is 0 Å². The fraction of sp³-hybridized carbons (Fsp3) is 0.364. The smallest absolute Gasteiger partial charge is 0.166 e. The number of anilines is 1. The minimum absolute atomic E-state index is 0.248. The normalized spacial score (nSPS) is 30.3. The van der Waals surface area contributed by atoms with E-state index in [1.165, 1.54) is 18.7 Å². The number of nitrogens with zero attached hydrogens (tertiary/aromatic N) is 4. The number of nitrogens with two attached hydrogens (primary N) is 1. The van der Waals surface area contributed by atoms with Gasteiger partial charge in [-0.3, -0.25) is 0 Å². The van der Waals surface area contributed by atoms with Crippen molar-refractivity contribution in [3.8, 4) is 0 Å². The highest BCUT2D eigenvalue weighted by molar-refractivity contribution is 5.81. The van der Waals surface area contributed by atoms with Gasteiger partial charge in [0.05, 0.1) is 19.0 Å². The van der Waals surface area contributed by atoms with Crippen molar-refractivity contribution >= 4 is 17.0 Å². The number of hydrogen-bond donors (Lipinski definition) is 4. The van der Waals surface area contributed by atoms with E-state index in [4.69, 9.17) is 10.8 Å². The summed E-state index contributed by atoms with van der Waals surface area (Å²) >= 11 is 0. The Hall–Kier alpha value is -2.03. The number of fused-ring (bicyclic) bond motifs is 1. The van der Waals surface area contributed by atoms with E-state index in [2.05, 4.69) is 15.0 Å². The number of rotatable bonds is 2. The van der Waals surface area contributed by atoms with Gasteiger partial charge in [0.25, 0.3) is 0 Å². The van der Waals surface area contributed by atoms with E-state index >= 15 is 0 Å². The first-order valence-corrected chi connectivity index (χ1v) is 5.70. The molecule has 2 aromatic rings. The molecule has 0 aliphatic heterocycles. The van der Waals surface area contributed by atoms with Crippen LogP contribution in [0.2, 0.25) is 0 Å². The summed E-state index contributed by atoms with van der Waals surface area (Å²) in [6.07, 6.45) is 4.56. The zero-order valence-corrected chi connectivity index (χ0v) is 9.88. The van der Waals surface area contributed by atoms with Crippen LogP contribution in [0.4, 0.5) is 5.82 Å². The molecule has 0 spiro atoms. The van der Waals surface area contributed by atoms with Crippen molar-refractivity contribution in [2.45, 2.75) is 17.7 Å². The molecule has 0 amide bonds. The molecule has 0 aromatic carbocycles. The van der Waals surface area contributed by atoms with E-state index in [-0.39, 0.29) is 5.82 Å². The van der Waals surface area contributed by atoms with Crippen LogP contribution in [0.1, 0.15) is 6.04 Å². The second-order valence-electron chi connectivity index (χ2n) is 4.53. The van der Waals surface area contributed by atoms with Crippen molar-refractivity contribution < 1.29 is 15.3 Å². The molecule has 0 radical (unpaired) electrons. The molecular formula is C11H13N5O3. The molecule has 0 bridgehead atoms. The molecule has 0 saturated heterocycles. The highest BCUT2D eigenvalue weighted by atomic mass is 16.4. The van der Waals surface area contributed by atoms with Gasteiger partial charge in [0.15, 0.2) is 11.5 Å². The van der Waals surface area contributed by atoms with Gasteiger partial charge in [0, 0.05) is 0 Å². The van der Waals surface area contributed by atoms with Gasteiger partial charge < -0.3 is 25.6 Å². The van der Waals surface area contributed by atoms with E-state index in [1.807, 2.05) is 0 Å². The van der Waals surface area contributed by atoms with Crippen LogP contribution in [0.3, 0.4) is 0 Å². The molecule has 3 atom stereocenters. The zero-order chi connectivity index (χ0) is 13.6. The Morgan fingerprint density at radius 2 is 2.16 bits per heavy atom. The number of hydrogen-bond acceptors (Lipinski definition) is 7. The molecule has 0 saturated carbocycles. The van der Waals surface area contributed by atoms with Crippen LogP contribution in [0.5, 0.6) is 0 Å². The third-order valence-electron chi connectivity index (χ3n) is 3.38. The molecule has 0 unspecified atom stereocenters. The largest absolute Gasteiger partial charge is 0.393 e. The summed E-state index contributed by atoms with van der Waals surface area (Å²) in [7, 11) is 0. The van der Waals surface area contributed by atoms with Crippen molar-refractivity contribution in [2.24, 2.45) is 0 Å². The number of aliphatic hydroxyl groups is 3. The van der Waals surface area contributed by atoms with Crippen LogP contribution < -0.4 is 5.73 Å². The van der Waals surface area contributed by atoms with Crippen molar-refractivity contribution in [2.75, 3.05) is 12.3 Å². The van der Waals surface area contributed by atoms with Gasteiger partial charge >= 0.3 is 0 Å². The summed E-state index contributed by atoms with van der Waals surface area (Å²) in [4.78, 5) is 12.0. The van der Waals surface area contributed by atoms with Crippen LogP contribution in [0.15, 0.2) is 24.8 Å². The number of imidazole rings is 1. The maximum atomic E-state index is 10.1. The van der Waals surface area contributed by atoms with Gasteiger partial charge in [-0.25, -0.2) is 15.0 Å². The van der Waals surface area contributed by atoms with E-state index in [1.54, 1.807) is 10.6 Å². The first-order valence-electron chi connectivity index (χ1n) is 5.70. The molecule has 3 rings (SSSR count). The summed E-state index contributed by atoms with van der Waals surface area (Å²) in [5.74, 6) is 0.248. The van der Waals surface area contributed by atoms with Crippen molar-refractivity contribution in [3.63, 3.8) is 0 Å². The Bertz CT molecular complexity index is 655.